The third-order valence-electron chi connectivity index (χ3n) is 8.71. The number of hydrogen-bond donors (Lipinski definition) is 4. The first-order valence-electron chi connectivity index (χ1n) is 16.1. The van der Waals surface area contributed by atoms with Crippen LogP contribution in [0.5, 0.6) is 0 Å². The Bertz CT molecular complexity index is 1890. The number of nitrogens with one attached hydrogen (secondary N) is 3. The minimum Gasteiger partial charge on any atom is -0.404 e. The smallest absolute Gasteiger partial charge is 0.0723 e. The second-order valence-corrected chi connectivity index (χ2v) is 12.5. The number of hydrogen-bond acceptors (Lipinski definition) is 6. The van der Waals surface area contributed by atoms with Crippen LogP contribution in [0.1, 0.15) is 74.9 Å². The SMILES string of the molecule is C=C(N/C(C=C(C)C)=C/C(=C\N)c1cc(/C(=C\CC2=CN2)c2cc3c(-c4cccnc4)cncc3[nH]2)c(C)cn1)C1CCCCC1. The monoisotopic (exact) mass is 609 g/mol. The Balaban J connectivity index is 1.38. The molecule has 0 atom stereocenters. The van der Waals surface area contributed by atoms with E-state index < -0.39 is 0 Å². The van der Waals surface area contributed by atoms with E-state index >= 15 is 0 Å². The number of nitrogens with zero attached hydrogens (tertiary/aromatic N) is 3. The number of pyridine rings is 3. The van der Waals surface area contributed by atoms with Gasteiger partial charge < -0.3 is 21.4 Å². The van der Waals surface area contributed by atoms with Crippen LogP contribution >= 0.6 is 0 Å². The van der Waals surface area contributed by atoms with Crippen molar-refractivity contribution >= 4 is 22.0 Å². The van der Waals surface area contributed by atoms with Crippen LogP contribution < -0.4 is 16.4 Å². The van der Waals surface area contributed by atoms with Crippen molar-refractivity contribution in [1.82, 2.24) is 30.6 Å². The zero-order valence-electron chi connectivity index (χ0n) is 27.0. The van der Waals surface area contributed by atoms with Gasteiger partial charge in [-0.15, -0.1) is 0 Å². The Kier molecular flexibility index (Phi) is 9.29. The van der Waals surface area contributed by atoms with Crippen LogP contribution in [-0.4, -0.2) is 19.9 Å². The van der Waals surface area contributed by atoms with Gasteiger partial charge in [0.05, 0.1) is 17.4 Å². The van der Waals surface area contributed by atoms with Gasteiger partial charge >= 0.3 is 0 Å². The number of allylic oxidation sites excluding steroid dienone is 6. The highest BCUT2D eigenvalue weighted by Gasteiger charge is 2.19. The van der Waals surface area contributed by atoms with Crippen molar-refractivity contribution in [2.24, 2.45) is 11.7 Å². The van der Waals surface area contributed by atoms with Crippen LogP contribution in [0, 0.1) is 12.8 Å². The largest absolute Gasteiger partial charge is 0.404 e. The van der Waals surface area contributed by atoms with Crippen molar-refractivity contribution in [2.75, 3.05) is 0 Å². The van der Waals surface area contributed by atoms with Crippen molar-refractivity contribution in [3.8, 4) is 11.1 Å². The van der Waals surface area contributed by atoms with Gasteiger partial charge in [0.15, 0.2) is 0 Å². The summed E-state index contributed by atoms with van der Waals surface area (Å²) in [6, 6.07) is 8.38. The molecule has 4 aromatic heterocycles. The lowest BCUT2D eigenvalue weighted by atomic mass is 9.87. The first-order valence-corrected chi connectivity index (χ1v) is 16.1. The number of H-pyrrole nitrogens is 1. The number of fused-ring (bicyclic) bond motifs is 1. The summed E-state index contributed by atoms with van der Waals surface area (Å²) >= 11 is 0. The Labute approximate surface area is 271 Å². The molecule has 1 aliphatic carbocycles. The number of aryl methyl sites for hydroxylation is 1. The van der Waals surface area contributed by atoms with Crippen LogP contribution in [-0.2, 0) is 0 Å². The molecule has 6 rings (SSSR count). The van der Waals surface area contributed by atoms with Crippen molar-refractivity contribution < 1.29 is 0 Å². The molecule has 46 heavy (non-hydrogen) atoms. The summed E-state index contributed by atoms with van der Waals surface area (Å²) in [7, 11) is 0. The van der Waals surface area contributed by atoms with Gasteiger partial charge in [-0.05, 0) is 81.0 Å². The van der Waals surface area contributed by atoms with E-state index in [1.54, 1.807) is 12.4 Å². The number of aromatic nitrogens is 4. The Morgan fingerprint density at radius 2 is 1.89 bits per heavy atom. The van der Waals surface area contributed by atoms with Gasteiger partial charge in [-0.25, -0.2) is 0 Å². The highest BCUT2D eigenvalue weighted by molar-refractivity contribution is 5.98. The van der Waals surface area contributed by atoms with E-state index in [0.717, 1.165) is 73.5 Å². The van der Waals surface area contributed by atoms with Crippen molar-refractivity contribution in [3.63, 3.8) is 0 Å². The van der Waals surface area contributed by atoms with Gasteiger partial charge in [-0.1, -0.05) is 43.6 Å². The molecule has 0 unspecified atom stereocenters. The highest BCUT2D eigenvalue weighted by atomic mass is 15.0. The summed E-state index contributed by atoms with van der Waals surface area (Å²) in [5.74, 6) is 0.492. The molecule has 234 valence electrons. The minimum atomic E-state index is 0.492. The summed E-state index contributed by atoms with van der Waals surface area (Å²) in [5, 5.41) is 7.96. The molecule has 1 aliphatic heterocycles. The fourth-order valence-corrected chi connectivity index (χ4v) is 6.20. The molecule has 5 N–H and O–H groups in total. The van der Waals surface area contributed by atoms with Crippen molar-refractivity contribution in [3.05, 3.63) is 138 Å². The second kappa shape index (κ2) is 13.9. The Morgan fingerprint density at radius 1 is 1.07 bits per heavy atom. The van der Waals surface area contributed by atoms with E-state index in [9.17, 15) is 0 Å². The maximum absolute atomic E-state index is 6.30. The Hall–Kier alpha value is -5.17. The second-order valence-electron chi connectivity index (χ2n) is 12.5. The van der Waals surface area contributed by atoms with Crippen molar-refractivity contribution in [2.45, 2.75) is 59.3 Å². The van der Waals surface area contributed by atoms with Crippen LogP contribution in [0.2, 0.25) is 0 Å². The summed E-state index contributed by atoms with van der Waals surface area (Å²) in [6.07, 6.45) is 26.6. The van der Waals surface area contributed by atoms with Gasteiger partial charge in [0.1, 0.15) is 0 Å². The fourth-order valence-electron chi connectivity index (χ4n) is 6.20. The minimum absolute atomic E-state index is 0.492. The molecule has 1 fully saturated rings. The Morgan fingerprint density at radius 3 is 2.61 bits per heavy atom. The zero-order chi connectivity index (χ0) is 32.0. The molecule has 5 heterocycles. The van der Waals surface area contributed by atoms with Gasteiger partial charge in [-0.2, -0.15) is 0 Å². The first kappa shape index (κ1) is 30.8. The van der Waals surface area contributed by atoms with Crippen LogP contribution in [0.25, 0.3) is 33.2 Å². The maximum Gasteiger partial charge on any atom is 0.0723 e. The summed E-state index contributed by atoms with van der Waals surface area (Å²) < 4.78 is 0. The number of nitrogens with two attached hydrogens (primary N) is 1. The van der Waals surface area contributed by atoms with Gasteiger partial charge in [0.25, 0.3) is 0 Å². The van der Waals surface area contributed by atoms with Gasteiger partial charge in [0, 0.05) is 94.1 Å². The zero-order valence-corrected chi connectivity index (χ0v) is 27.0. The lowest BCUT2D eigenvalue weighted by molar-refractivity contribution is 0.393. The molecule has 0 amide bonds. The summed E-state index contributed by atoms with van der Waals surface area (Å²) in [4.78, 5) is 17.4. The van der Waals surface area contributed by atoms with Gasteiger partial charge in [0.2, 0.25) is 0 Å². The third-order valence-corrected chi connectivity index (χ3v) is 8.71. The molecule has 1 saturated carbocycles. The lowest BCUT2D eigenvalue weighted by Crippen LogP contribution is -2.20. The number of rotatable bonds is 11. The molecule has 2 aliphatic rings. The molecule has 0 bridgehead atoms. The van der Waals surface area contributed by atoms with E-state index in [2.05, 4.69) is 89.4 Å². The van der Waals surface area contributed by atoms with E-state index in [1.807, 2.05) is 37.1 Å². The van der Waals surface area contributed by atoms with Crippen molar-refractivity contribution in [1.29, 1.82) is 0 Å². The molecular formula is C39H43N7. The average Bonchev–Trinajstić information content (AvgIpc) is 3.80. The quantitative estimate of drug-likeness (QED) is 0.127. The third kappa shape index (κ3) is 7.20. The number of aromatic amines is 1. The van der Waals surface area contributed by atoms with Gasteiger partial charge in [-0.3, -0.25) is 15.0 Å². The van der Waals surface area contributed by atoms with E-state index in [4.69, 9.17) is 10.7 Å². The predicted molar refractivity (Wildman–Crippen MR) is 190 cm³/mol. The standard InChI is InChI=1S/C39H43N7/c1-25(2)15-32(45-27(4)28-9-6-5-7-10-28)16-30(19-40)37-17-34(26(3)20-44-37)33(13-12-31-22-43-31)38-18-35-36(23-42-24-39(35)46-38)29-11-8-14-41-21-29/h8,11,13-24,28,43,45-46H,4-7,9-10,12,40H2,1-3H3/b30-19+,32-16+,33-13+. The molecule has 0 spiro atoms. The molecule has 0 aromatic carbocycles. The van der Waals surface area contributed by atoms with E-state index in [0.29, 0.717) is 5.92 Å². The average molecular weight is 610 g/mol. The summed E-state index contributed by atoms with van der Waals surface area (Å²) in [6.45, 7) is 10.7. The highest BCUT2D eigenvalue weighted by Crippen LogP contribution is 2.35. The topological polar surface area (TPSA) is 114 Å². The molecular weight excluding hydrogens is 566 g/mol. The fraction of sp³-hybridized carbons (Fsp3) is 0.256. The molecule has 4 aromatic rings. The predicted octanol–water partition coefficient (Wildman–Crippen LogP) is 8.43. The molecule has 0 saturated heterocycles. The maximum atomic E-state index is 6.30. The van der Waals surface area contributed by atoms with E-state index in [-0.39, 0.29) is 0 Å². The van der Waals surface area contributed by atoms with Crippen LogP contribution in [0.4, 0.5) is 0 Å². The van der Waals surface area contributed by atoms with Crippen LogP contribution in [0.3, 0.4) is 0 Å². The molecule has 7 nitrogen and oxygen atoms in total. The summed E-state index contributed by atoms with van der Waals surface area (Å²) in [5.41, 5.74) is 19.7. The van der Waals surface area contributed by atoms with Crippen LogP contribution in [0.15, 0.2) is 115 Å². The normalized spacial score (nSPS) is 15.7. The van der Waals surface area contributed by atoms with E-state index in [1.165, 1.54) is 43.4 Å². The molecule has 7 heteroatoms. The molecule has 0 radical (unpaired) electrons. The lowest BCUT2D eigenvalue weighted by Gasteiger charge is -2.25. The first-order chi connectivity index (χ1) is 22.4.